The van der Waals surface area contributed by atoms with Crippen molar-refractivity contribution >= 4 is 99.5 Å². The van der Waals surface area contributed by atoms with Crippen LogP contribution in [0.15, 0.2) is 303 Å². The number of nitrogens with zero attached hydrogens (tertiary/aromatic N) is 4. The van der Waals surface area contributed by atoms with E-state index in [1.807, 2.05) is 108 Å². The summed E-state index contributed by atoms with van der Waals surface area (Å²) in [6, 6.07) is 92.2. The summed E-state index contributed by atoms with van der Waals surface area (Å²) in [6.07, 6.45) is 13.0. The molecule has 0 saturated carbocycles. The van der Waals surface area contributed by atoms with E-state index in [0.717, 1.165) is 78.3 Å². The zero-order chi connectivity index (χ0) is 79.0. The van der Waals surface area contributed by atoms with Crippen LogP contribution in [0.3, 0.4) is 0 Å². The van der Waals surface area contributed by atoms with Gasteiger partial charge >= 0.3 is 0 Å². The molecule has 0 spiro atoms. The predicted octanol–water partition coefficient (Wildman–Crippen LogP) is 23.8. The van der Waals surface area contributed by atoms with E-state index in [2.05, 4.69) is 202 Å². The number of nitrogens with one attached hydrogen (secondary N) is 1. The van der Waals surface area contributed by atoms with Crippen LogP contribution in [0.1, 0.15) is 83.3 Å². The SMILES string of the molecule is CC(=O)C=C(C)O.CC(=O)C=C(C)O.CC(C)C(=O)C=C(O)C(C)C.Cc1[c-]c(-c2ccc3ccccc3n2)cc(C)c1.Cc1cnc2c3[c-]cc(-c4ccccc4)cc3c3cc(-c4ccccc4)ccc3c2n1.Nc1[c-]ccc2ccccc12.[Ir].[Ir].[Ir].[N-]=C1C=CC=CC1=N.c1ccc2c(c1)Cc1ccc3ccccc3c1-2. The van der Waals surface area contributed by atoms with Gasteiger partial charge in [-0.1, -0.05) is 275 Å². The number of aliphatic hydroxyl groups excluding tert-OH is 3. The number of aryl methyl sites for hydroxylation is 3. The third kappa shape index (κ3) is 25.8. The van der Waals surface area contributed by atoms with Gasteiger partial charge in [0.15, 0.2) is 17.3 Å². The summed E-state index contributed by atoms with van der Waals surface area (Å²) < 4.78 is 0. The van der Waals surface area contributed by atoms with Gasteiger partial charge in [-0.2, -0.15) is 18.2 Å². The quantitative estimate of drug-likeness (QED) is 0.0242. The van der Waals surface area contributed by atoms with Crippen molar-refractivity contribution in [3.05, 3.63) is 354 Å². The van der Waals surface area contributed by atoms with Gasteiger partial charge in [0.1, 0.15) is 0 Å². The van der Waals surface area contributed by atoms with E-state index in [9.17, 15) is 19.5 Å². The maximum absolute atomic E-state index is 11.0. The molecule has 0 fully saturated rings. The van der Waals surface area contributed by atoms with E-state index in [-0.39, 0.29) is 118 Å². The molecule has 12 aromatic carbocycles. The van der Waals surface area contributed by atoms with Crippen LogP contribution in [0.2, 0.25) is 0 Å². The molecule has 14 aromatic rings. The van der Waals surface area contributed by atoms with Gasteiger partial charge in [0.05, 0.1) is 34.0 Å². The molecule has 12 nitrogen and oxygen atoms in total. The third-order valence-electron chi connectivity index (χ3n) is 17.5. The van der Waals surface area contributed by atoms with Gasteiger partial charge in [-0.25, -0.2) is 0 Å². The van der Waals surface area contributed by atoms with Crippen molar-refractivity contribution in [2.24, 2.45) is 11.8 Å². The summed E-state index contributed by atoms with van der Waals surface area (Å²) in [5.74, 6) is 0.0356. The monoisotopic (exact) mass is 2030 g/mol. The Bertz CT molecular complexity index is 5770. The number of benzene rings is 12. The topological polar surface area (TPSA) is 223 Å². The molecule has 2 aliphatic rings. The second-order valence-electron chi connectivity index (χ2n) is 27.2. The smallest absolute Gasteiger partial charge is 0.161 e. The summed E-state index contributed by atoms with van der Waals surface area (Å²) in [5, 5.41) is 52.2. The molecule has 16 rings (SSSR count). The Morgan fingerprint density at radius 3 is 1.67 bits per heavy atom. The molecule has 0 bridgehead atoms. The van der Waals surface area contributed by atoms with Gasteiger partial charge in [-0.15, -0.1) is 81.0 Å². The molecular formula is C98H90Ir3N6O6-4. The van der Waals surface area contributed by atoms with Crippen LogP contribution in [0.25, 0.3) is 115 Å². The zero-order valence-electron chi connectivity index (χ0n) is 64.9. The number of carbonyl (C=O) groups excluding carboxylic acids is 3. The van der Waals surface area contributed by atoms with Crippen molar-refractivity contribution < 1.29 is 90.0 Å². The first-order chi connectivity index (χ1) is 52.8. The molecule has 113 heavy (non-hydrogen) atoms. The number of para-hydroxylation sites is 1. The first-order valence-electron chi connectivity index (χ1n) is 36.3. The minimum Gasteiger partial charge on any atom is -0.802 e. The molecule has 0 aliphatic heterocycles. The molecule has 0 saturated heterocycles. The fourth-order valence-corrected chi connectivity index (χ4v) is 12.2. The van der Waals surface area contributed by atoms with Gasteiger partial charge in [0.25, 0.3) is 0 Å². The van der Waals surface area contributed by atoms with E-state index in [0.29, 0.717) is 0 Å². The van der Waals surface area contributed by atoms with Crippen LogP contribution >= 0.6 is 0 Å². The number of pyridine rings is 1. The van der Waals surface area contributed by atoms with Crippen LogP contribution < -0.4 is 5.73 Å². The van der Waals surface area contributed by atoms with Crippen LogP contribution in [0.4, 0.5) is 5.69 Å². The van der Waals surface area contributed by atoms with Crippen molar-refractivity contribution in [2.45, 2.75) is 82.6 Å². The fourth-order valence-electron chi connectivity index (χ4n) is 12.2. The van der Waals surface area contributed by atoms with Gasteiger partial charge < -0.3 is 36.9 Å². The molecule has 6 N–H and O–H groups in total. The zero-order valence-corrected chi connectivity index (χ0v) is 72.1. The van der Waals surface area contributed by atoms with Crippen molar-refractivity contribution in [2.75, 3.05) is 5.73 Å². The first-order valence-corrected chi connectivity index (χ1v) is 36.3. The summed E-state index contributed by atoms with van der Waals surface area (Å²) >= 11 is 0. The molecule has 579 valence electrons. The van der Waals surface area contributed by atoms with E-state index in [1.54, 1.807) is 12.2 Å². The van der Waals surface area contributed by atoms with Gasteiger partial charge in [-0.05, 0) is 114 Å². The van der Waals surface area contributed by atoms with Crippen LogP contribution in [0, 0.1) is 56.2 Å². The number of aromatic nitrogens is 3. The molecule has 2 aliphatic carbocycles. The van der Waals surface area contributed by atoms with Crippen LogP contribution in [-0.4, -0.2) is 59.0 Å². The number of hydrogen-bond donors (Lipinski definition) is 5. The van der Waals surface area contributed by atoms with E-state index < -0.39 is 0 Å². The average Bonchev–Trinajstić information content (AvgIpc) is 1.22. The van der Waals surface area contributed by atoms with Gasteiger partial charge in [0, 0.05) is 108 Å². The number of carbonyl (C=O) groups is 3. The molecular weight excluding hydrogens is 1930 g/mol. The van der Waals surface area contributed by atoms with E-state index >= 15 is 0 Å². The molecule has 3 radical (unpaired) electrons. The molecule has 0 atom stereocenters. The van der Waals surface area contributed by atoms with Crippen molar-refractivity contribution in [1.29, 1.82) is 5.41 Å². The normalized spacial score (nSPS) is 11.6. The fraction of sp³-hybridized carbons (Fsp3) is 0.143. The van der Waals surface area contributed by atoms with Crippen molar-refractivity contribution in [1.82, 2.24) is 15.0 Å². The number of fused-ring (bicyclic) bond motifs is 13. The minimum absolute atomic E-state index is 0. The first kappa shape index (κ1) is 90.5. The van der Waals surface area contributed by atoms with Crippen LogP contribution in [-0.2, 0) is 81.1 Å². The number of allylic oxidation sites excluding steroid dienone is 10. The van der Waals surface area contributed by atoms with Crippen LogP contribution in [0.5, 0.6) is 0 Å². The molecule has 15 heteroatoms. The average molecular weight is 2020 g/mol. The summed E-state index contributed by atoms with van der Waals surface area (Å²) in [6.45, 7) is 19.2. The molecule has 2 heterocycles. The third-order valence-corrected chi connectivity index (χ3v) is 17.5. The van der Waals surface area contributed by atoms with E-state index in [4.69, 9.17) is 41.7 Å². The maximum Gasteiger partial charge on any atom is 0.161 e. The molecule has 2 aromatic heterocycles. The van der Waals surface area contributed by atoms with Gasteiger partial charge in [0.2, 0.25) is 0 Å². The summed E-state index contributed by atoms with van der Waals surface area (Å²) in [4.78, 5) is 45.4. The number of nitrogen functional groups attached to an aromatic ring is 1. The number of anilines is 1. The Morgan fingerprint density at radius 1 is 0.522 bits per heavy atom. The second-order valence-corrected chi connectivity index (χ2v) is 27.2. The van der Waals surface area contributed by atoms with E-state index in [1.165, 1.54) is 130 Å². The Hall–Kier alpha value is -11.4. The summed E-state index contributed by atoms with van der Waals surface area (Å²) in [7, 11) is 0. The number of nitrogens with two attached hydrogens (primary N) is 1. The number of hydrogen-bond acceptors (Lipinski definition) is 11. The Morgan fingerprint density at radius 2 is 1.09 bits per heavy atom. The standard InChI is InChI=1S/C29H19N2.C17H14N.C17H12.C10H8N.C9H16O2.C6H5N2.2C5H8O2.3Ir/c1-19-18-30-28-24-14-12-22(20-8-4-2-5-9-20)16-26(24)27-17-23(21-10-6-3-7-11-21)13-15-25(27)29(28)31-19;1-12-9-13(2)11-15(10-12)17-8-7-14-5-3-4-6-16(14)18-17;1-3-7-15-12(5-1)9-10-14-11-13-6-2-4-8-16(13)17(14)15;11-10-7-3-5-8-4-1-2-6-9(8)10;1-6(2)8(10)5-9(11)7(3)4;7-5-3-1-2-4-6(5)8;2*1-4(6)3-5(2)7;;;/h2-13,15-18H,1H3;3-10H,1-2H3;1-10H,11H2;1-6H,11H2;5-7,10H,1-4H3;1-4,7H;2*3,6H,1-2H3;;;/q2*-1;;-1;;-1;;;;;. The van der Waals surface area contributed by atoms with Crippen molar-refractivity contribution in [3.63, 3.8) is 0 Å². The maximum atomic E-state index is 11.0. The Kier molecular flexibility index (Phi) is 35.3. The second kappa shape index (κ2) is 44.0. The predicted molar refractivity (Wildman–Crippen MR) is 458 cm³/mol. The molecule has 0 amide bonds. The number of rotatable bonds is 8. The number of ketones is 3. The Labute approximate surface area is 703 Å². The minimum atomic E-state index is -0.125. The van der Waals surface area contributed by atoms with Crippen molar-refractivity contribution in [3.8, 4) is 44.6 Å². The van der Waals surface area contributed by atoms with Gasteiger partial charge in [-0.3, -0.25) is 24.4 Å². The Balaban J connectivity index is 0.000000213. The summed E-state index contributed by atoms with van der Waals surface area (Å²) in [5.41, 5.74) is 25.4. The molecule has 0 unspecified atom stereocenters. The largest absolute Gasteiger partial charge is 0.802 e. The number of aliphatic hydroxyl groups is 3.